The van der Waals surface area contributed by atoms with Crippen molar-refractivity contribution in [2.75, 3.05) is 0 Å². The predicted octanol–water partition coefficient (Wildman–Crippen LogP) is 3.78. The van der Waals surface area contributed by atoms with Crippen LogP contribution >= 0.6 is 0 Å². The van der Waals surface area contributed by atoms with E-state index in [9.17, 15) is 0 Å². The Morgan fingerprint density at radius 2 is 1.80 bits per heavy atom. The fourth-order valence-electron chi connectivity index (χ4n) is 1.16. The first-order chi connectivity index (χ1) is 4.71. The van der Waals surface area contributed by atoms with E-state index in [1.54, 1.807) is 0 Å². The fraction of sp³-hybridized carbons (Fsp3) is 0.800. The van der Waals surface area contributed by atoms with Gasteiger partial charge in [0.15, 0.2) is 0 Å². The van der Waals surface area contributed by atoms with Crippen LogP contribution in [0.4, 0.5) is 0 Å². The van der Waals surface area contributed by atoms with Crippen LogP contribution in [-0.4, -0.2) is 0 Å². The van der Waals surface area contributed by atoms with E-state index >= 15 is 0 Å². The minimum Gasteiger partial charge on any atom is -0.0880 e. The number of rotatable bonds is 0. The summed E-state index contributed by atoms with van der Waals surface area (Å²) in [5, 5.41) is 0. The van der Waals surface area contributed by atoms with E-state index in [4.69, 9.17) is 0 Å². The average molecular weight is 140 g/mol. The average Bonchev–Trinajstić information content (AvgIpc) is 1.92. The van der Waals surface area contributed by atoms with E-state index in [-0.39, 0.29) is 0 Å². The molecule has 0 N–H and O–H groups in total. The Balaban J connectivity index is 0.000000371. The van der Waals surface area contributed by atoms with Crippen LogP contribution in [0, 0.1) is 5.41 Å². The molecule has 1 rings (SSSR count). The van der Waals surface area contributed by atoms with Gasteiger partial charge in [0.25, 0.3) is 0 Å². The van der Waals surface area contributed by atoms with Crippen LogP contribution in [0.15, 0.2) is 12.2 Å². The number of hydrogen-bond donors (Lipinski definition) is 0. The molecule has 0 nitrogen and oxygen atoms in total. The molecular formula is C10H20. The maximum Gasteiger partial charge on any atom is -0.0175 e. The molecule has 0 spiro atoms. The van der Waals surface area contributed by atoms with Gasteiger partial charge in [-0.15, -0.1) is 0 Å². The summed E-state index contributed by atoms with van der Waals surface area (Å²) < 4.78 is 0. The molecule has 0 saturated heterocycles. The first kappa shape index (κ1) is 9.74. The zero-order chi connectivity index (χ0) is 8.04. The Morgan fingerprint density at radius 1 is 1.20 bits per heavy atom. The van der Waals surface area contributed by atoms with Crippen molar-refractivity contribution in [1.82, 2.24) is 0 Å². The topological polar surface area (TPSA) is 0 Å². The summed E-state index contributed by atoms with van der Waals surface area (Å²) in [5.41, 5.74) is 0.498. The molecule has 1 aliphatic rings. The highest BCUT2D eigenvalue weighted by atomic mass is 14.2. The third-order valence-corrected chi connectivity index (χ3v) is 1.76. The molecule has 0 fully saturated rings. The SMILES string of the molecule is CC.CC1(C)C=CCCC1. The molecule has 0 aromatic carbocycles. The van der Waals surface area contributed by atoms with E-state index in [2.05, 4.69) is 26.0 Å². The highest BCUT2D eigenvalue weighted by Crippen LogP contribution is 2.28. The van der Waals surface area contributed by atoms with Crippen LogP contribution in [0.5, 0.6) is 0 Å². The van der Waals surface area contributed by atoms with Crippen molar-refractivity contribution >= 4 is 0 Å². The molecule has 0 radical (unpaired) electrons. The Morgan fingerprint density at radius 3 is 2.00 bits per heavy atom. The lowest BCUT2D eigenvalue weighted by Crippen LogP contribution is -2.09. The van der Waals surface area contributed by atoms with Crippen molar-refractivity contribution in [3.63, 3.8) is 0 Å². The molecule has 0 aromatic heterocycles. The standard InChI is InChI=1S/C8H14.C2H6/c1-8(2)6-4-3-5-7-8;1-2/h4,6H,3,5,7H2,1-2H3;1-2H3. The van der Waals surface area contributed by atoms with Crippen molar-refractivity contribution in [3.05, 3.63) is 12.2 Å². The maximum absolute atomic E-state index is 2.33. The molecule has 0 amide bonds. The van der Waals surface area contributed by atoms with Gasteiger partial charge in [0.2, 0.25) is 0 Å². The van der Waals surface area contributed by atoms with Gasteiger partial charge in [0, 0.05) is 0 Å². The van der Waals surface area contributed by atoms with Gasteiger partial charge in [0.1, 0.15) is 0 Å². The lowest BCUT2D eigenvalue weighted by atomic mass is 9.83. The third kappa shape index (κ3) is 3.71. The second-order valence-corrected chi connectivity index (χ2v) is 3.28. The van der Waals surface area contributed by atoms with E-state index in [1.807, 2.05) is 13.8 Å². The normalized spacial score (nSPS) is 21.2. The molecule has 60 valence electrons. The fourth-order valence-corrected chi connectivity index (χ4v) is 1.16. The minimum atomic E-state index is 0.498. The highest BCUT2D eigenvalue weighted by Gasteiger charge is 2.14. The van der Waals surface area contributed by atoms with Gasteiger partial charge in [-0.25, -0.2) is 0 Å². The molecule has 10 heavy (non-hydrogen) atoms. The number of allylic oxidation sites excluding steroid dienone is 2. The van der Waals surface area contributed by atoms with Gasteiger partial charge in [-0.05, 0) is 24.7 Å². The molecule has 0 aliphatic heterocycles. The third-order valence-electron chi connectivity index (χ3n) is 1.76. The predicted molar refractivity (Wildman–Crippen MR) is 48.1 cm³/mol. The van der Waals surface area contributed by atoms with Gasteiger partial charge >= 0.3 is 0 Å². The maximum atomic E-state index is 2.33. The Labute approximate surface area is 65.3 Å². The molecule has 0 saturated carbocycles. The van der Waals surface area contributed by atoms with Gasteiger partial charge in [-0.2, -0.15) is 0 Å². The van der Waals surface area contributed by atoms with Crippen molar-refractivity contribution in [3.8, 4) is 0 Å². The molecule has 1 aliphatic carbocycles. The van der Waals surface area contributed by atoms with Gasteiger partial charge in [0.05, 0.1) is 0 Å². The lowest BCUT2D eigenvalue weighted by molar-refractivity contribution is 0.406. The molecule has 0 unspecified atom stereocenters. The van der Waals surface area contributed by atoms with Crippen LogP contribution in [-0.2, 0) is 0 Å². The molecule has 0 atom stereocenters. The summed E-state index contributed by atoms with van der Waals surface area (Å²) in [6, 6.07) is 0. The second-order valence-electron chi connectivity index (χ2n) is 3.28. The minimum absolute atomic E-state index is 0.498. The van der Waals surface area contributed by atoms with E-state index in [0.29, 0.717) is 5.41 Å². The van der Waals surface area contributed by atoms with Crippen LogP contribution in [0.1, 0.15) is 47.0 Å². The van der Waals surface area contributed by atoms with Crippen LogP contribution in [0.3, 0.4) is 0 Å². The molecular weight excluding hydrogens is 120 g/mol. The smallest absolute Gasteiger partial charge is 0.0175 e. The van der Waals surface area contributed by atoms with Crippen molar-refractivity contribution in [2.24, 2.45) is 5.41 Å². The quantitative estimate of drug-likeness (QED) is 0.449. The van der Waals surface area contributed by atoms with E-state index in [1.165, 1.54) is 19.3 Å². The summed E-state index contributed by atoms with van der Waals surface area (Å²) in [7, 11) is 0. The molecule has 0 aromatic rings. The van der Waals surface area contributed by atoms with Crippen LogP contribution in [0.25, 0.3) is 0 Å². The Hall–Kier alpha value is -0.260. The van der Waals surface area contributed by atoms with Gasteiger partial charge in [-0.1, -0.05) is 39.8 Å². The Bertz CT molecular complexity index is 98.6. The van der Waals surface area contributed by atoms with Gasteiger partial charge in [-0.3, -0.25) is 0 Å². The monoisotopic (exact) mass is 140 g/mol. The van der Waals surface area contributed by atoms with Crippen molar-refractivity contribution < 1.29 is 0 Å². The number of hydrogen-bond acceptors (Lipinski definition) is 0. The Kier molecular flexibility index (Phi) is 4.42. The summed E-state index contributed by atoms with van der Waals surface area (Å²) in [6.45, 7) is 8.59. The summed E-state index contributed by atoms with van der Waals surface area (Å²) >= 11 is 0. The zero-order valence-corrected chi connectivity index (χ0v) is 7.78. The first-order valence-corrected chi connectivity index (χ1v) is 4.38. The van der Waals surface area contributed by atoms with Gasteiger partial charge < -0.3 is 0 Å². The lowest BCUT2D eigenvalue weighted by Gasteiger charge is -2.22. The molecule has 0 heterocycles. The summed E-state index contributed by atoms with van der Waals surface area (Å²) in [6.07, 6.45) is 8.66. The van der Waals surface area contributed by atoms with Crippen LogP contribution < -0.4 is 0 Å². The summed E-state index contributed by atoms with van der Waals surface area (Å²) in [4.78, 5) is 0. The van der Waals surface area contributed by atoms with Crippen LogP contribution in [0.2, 0.25) is 0 Å². The summed E-state index contributed by atoms with van der Waals surface area (Å²) in [5.74, 6) is 0. The molecule has 0 bridgehead atoms. The van der Waals surface area contributed by atoms with Crippen molar-refractivity contribution in [1.29, 1.82) is 0 Å². The highest BCUT2D eigenvalue weighted by molar-refractivity contribution is 4.98. The van der Waals surface area contributed by atoms with E-state index < -0.39 is 0 Å². The largest absolute Gasteiger partial charge is 0.0880 e. The molecule has 0 heteroatoms. The first-order valence-electron chi connectivity index (χ1n) is 4.38. The van der Waals surface area contributed by atoms with Crippen molar-refractivity contribution in [2.45, 2.75) is 47.0 Å². The second kappa shape index (κ2) is 4.54. The zero-order valence-electron chi connectivity index (χ0n) is 7.78. The van der Waals surface area contributed by atoms with E-state index in [0.717, 1.165) is 0 Å².